The molecule has 0 radical (unpaired) electrons. The van der Waals surface area contributed by atoms with Crippen LogP contribution in [0.15, 0.2) is 54.0 Å². The molecule has 1 saturated heterocycles. The van der Waals surface area contributed by atoms with Crippen LogP contribution < -0.4 is 10.9 Å². The van der Waals surface area contributed by atoms with Crippen molar-refractivity contribution in [2.24, 2.45) is 7.05 Å². The molecule has 1 aromatic carbocycles. The van der Waals surface area contributed by atoms with Gasteiger partial charge in [-0.2, -0.15) is 5.26 Å². The van der Waals surface area contributed by atoms with Crippen molar-refractivity contribution in [3.05, 3.63) is 87.5 Å². The molecule has 1 aliphatic heterocycles. The van der Waals surface area contributed by atoms with Gasteiger partial charge in [-0.05, 0) is 59.9 Å². The van der Waals surface area contributed by atoms with Crippen LogP contribution in [-0.4, -0.2) is 45.3 Å². The smallest absolute Gasteiger partial charge is 0.282 e. The highest BCUT2D eigenvalue weighted by Crippen LogP contribution is 2.41. The van der Waals surface area contributed by atoms with E-state index in [-0.39, 0.29) is 28.4 Å². The maximum atomic E-state index is 13.5. The third kappa shape index (κ3) is 4.83. The highest BCUT2D eigenvalue weighted by atomic mass is 19.3. The Hall–Kier alpha value is -4.65. The van der Waals surface area contributed by atoms with Crippen LogP contribution in [0.4, 0.5) is 14.6 Å². The van der Waals surface area contributed by atoms with Gasteiger partial charge in [-0.1, -0.05) is 18.7 Å². The molecule has 3 aromatic rings. The normalized spacial score (nSPS) is 15.8. The fraction of sp³-hybridized carbons (Fsp3) is 0.250. The molecule has 38 heavy (non-hydrogen) atoms. The number of hydrogen-bond acceptors (Lipinski definition) is 5. The minimum absolute atomic E-state index is 0.0852. The summed E-state index contributed by atoms with van der Waals surface area (Å²) in [5.41, 5.74) is 2.00. The van der Waals surface area contributed by atoms with E-state index in [4.69, 9.17) is 0 Å². The number of likely N-dealkylation sites (tertiary alicyclic amines) is 1. The zero-order chi connectivity index (χ0) is 27.2. The number of benzene rings is 1. The molecule has 0 spiro atoms. The molecule has 1 saturated carbocycles. The summed E-state index contributed by atoms with van der Waals surface area (Å²) in [7, 11) is 1.54. The average molecular weight is 516 g/mol. The van der Waals surface area contributed by atoms with Crippen LogP contribution in [0.1, 0.15) is 56.3 Å². The molecule has 192 valence electrons. The Kier molecular flexibility index (Phi) is 6.15. The van der Waals surface area contributed by atoms with Crippen LogP contribution in [0.2, 0.25) is 0 Å². The molecule has 2 aromatic heterocycles. The average Bonchev–Trinajstić information content (AvgIpc) is 3.73. The van der Waals surface area contributed by atoms with Gasteiger partial charge in [-0.25, -0.2) is 13.8 Å². The Morgan fingerprint density at radius 2 is 1.92 bits per heavy atom. The molecule has 0 unspecified atom stereocenters. The van der Waals surface area contributed by atoms with Gasteiger partial charge in [0.15, 0.2) is 0 Å². The van der Waals surface area contributed by atoms with Gasteiger partial charge < -0.3 is 14.8 Å². The van der Waals surface area contributed by atoms with Gasteiger partial charge in [0.05, 0.1) is 24.7 Å². The van der Waals surface area contributed by atoms with Crippen LogP contribution in [0, 0.1) is 11.3 Å². The molecule has 5 rings (SSSR count). The number of rotatable bonds is 6. The second-order valence-corrected chi connectivity index (χ2v) is 9.59. The lowest BCUT2D eigenvalue weighted by Crippen LogP contribution is -2.58. The Balaban J connectivity index is 1.55. The topological polar surface area (TPSA) is 108 Å². The molecular formula is C28H23F2N5O3. The minimum Gasteiger partial charge on any atom is -0.326 e. The molecule has 10 heteroatoms. The second-order valence-electron chi connectivity index (χ2n) is 9.59. The molecule has 2 amide bonds. The van der Waals surface area contributed by atoms with E-state index in [1.807, 2.05) is 6.07 Å². The summed E-state index contributed by atoms with van der Waals surface area (Å²) >= 11 is 0. The van der Waals surface area contributed by atoms with Crippen LogP contribution in [0.3, 0.4) is 0 Å². The highest BCUT2D eigenvalue weighted by molar-refractivity contribution is 6.05. The van der Waals surface area contributed by atoms with Crippen molar-refractivity contribution >= 4 is 23.7 Å². The summed E-state index contributed by atoms with van der Waals surface area (Å²) in [6, 6.07) is 11.3. The fourth-order valence-corrected chi connectivity index (χ4v) is 4.42. The lowest BCUT2D eigenvalue weighted by molar-refractivity contribution is -0.113. The number of nitrogens with one attached hydrogen (secondary N) is 1. The maximum Gasteiger partial charge on any atom is 0.282 e. The molecule has 0 bridgehead atoms. The Morgan fingerprint density at radius 1 is 1.18 bits per heavy atom. The predicted octanol–water partition coefficient (Wildman–Crippen LogP) is 4.18. The van der Waals surface area contributed by atoms with E-state index in [0.29, 0.717) is 22.4 Å². The number of carbonyl (C=O) groups excluding carboxylic acids is 2. The van der Waals surface area contributed by atoms with Gasteiger partial charge in [0.2, 0.25) is 0 Å². The number of halogens is 2. The van der Waals surface area contributed by atoms with Gasteiger partial charge >= 0.3 is 0 Å². The summed E-state index contributed by atoms with van der Waals surface area (Å²) in [5.74, 6) is -3.84. The van der Waals surface area contributed by atoms with Crippen molar-refractivity contribution < 1.29 is 18.4 Å². The van der Waals surface area contributed by atoms with Gasteiger partial charge in [0.25, 0.3) is 23.3 Å². The van der Waals surface area contributed by atoms with Gasteiger partial charge in [0, 0.05) is 30.4 Å². The van der Waals surface area contributed by atoms with Crippen molar-refractivity contribution in [1.82, 2.24) is 14.5 Å². The molecule has 8 nitrogen and oxygen atoms in total. The number of hydrogen-bond donors (Lipinski definition) is 1. The Bertz CT molecular complexity index is 1590. The van der Waals surface area contributed by atoms with E-state index in [1.165, 1.54) is 35.9 Å². The summed E-state index contributed by atoms with van der Waals surface area (Å²) < 4.78 is 28.2. The minimum atomic E-state index is -2.93. The van der Waals surface area contributed by atoms with E-state index in [1.54, 1.807) is 24.4 Å². The van der Waals surface area contributed by atoms with Crippen LogP contribution >= 0.6 is 0 Å². The first-order valence-electron chi connectivity index (χ1n) is 12.0. The number of aryl methyl sites for hydroxylation is 1. The van der Waals surface area contributed by atoms with E-state index in [0.717, 1.165) is 17.7 Å². The van der Waals surface area contributed by atoms with Gasteiger partial charge in [-0.3, -0.25) is 14.4 Å². The number of nitriles is 1. The number of anilines is 1. The van der Waals surface area contributed by atoms with E-state index < -0.39 is 36.4 Å². The molecule has 2 fully saturated rings. The summed E-state index contributed by atoms with van der Waals surface area (Å²) in [5, 5.41) is 12.1. The van der Waals surface area contributed by atoms with E-state index in [9.17, 15) is 28.4 Å². The first-order chi connectivity index (χ1) is 18.1. The maximum absolute atomic E-state index is 13.5. The quantitative estimate of drug-likeness (QED) is 0.530. The largest absolute Gasteiger partial charge is 0.326 e. The number of carbonyl (C=O) groups is 2. The summed E-state index contributed by atoms with van der Waals surface area (Å²) in [4.78, 5) is 44.4. The molecule has 1 N–H and O–H groups in total. The number of nitrogens with zero attached hydrogens (tertiary/aromatic N) is 4. The van der Waals surface area contributed by atoms with Crippen molar-refractivity contribution in [2.45, 2.75) is 24.7 Å². The lowest BCUT2D eigenvalue weighted by atomic mass is 9.95. The SMILES string of the molecule is C=Cc1cc(C(=O)Nc2cc(-c3ccc(C#N)cc3C(=O)N3CC(F)(F)C3)cc(C3CC3)n2)c(=O)n(C)c1. The number of amides is 2. The molecule has 1 aliphatic carbocycles. The number of aromatic nitrogens is 2. The predicted molar refractivity (Wildman–Crippen MR) is 137 cm³/mol. The number of pyridine rings is 2. The molecule has 2 aliphatic rings. The first-order valence-corrected chi connectivity index (χ1v) is 12.0. The van der Waals surface area contributed by atoms with Crippen molar-refractivity contribution in [1.29, 1.82) is 5.26 Å². The number of alkyl halides is 2. The van der Waals surface area contributed by atoms with E-state index >= 15 is 0 Å². The summed E-state index contributed by atoms with van der Waals surface area (Å²) in [6.07, 6.45) is 4.91. The monoisotopic (exact) mass is 515 g/mol. The van der Waals surface area contributed by atoms with Crippen LogP contribution in [0.5, 0.6) is 0 Å². The Labute approximate surface area is 216 Å². The van der Waals surface area contributed by atoms with Crippen LogP contribution in [0.25, 0.3) is 17.2 Å². The first kappa shape index (κ1) is 25.0. The van der Waals surface area contributed by atoms with Crippen LogP contribution in [-0.2, 0) is 7.05 Å². The highest BCUT2D eigenvalue weighted by Gasteiger charge is 2.46. The van der Waals surface area contributed by atoms with Gasteiger partial charge in [0.1, 0.15) is 11.4 Å². The fourth-order valence-electron chi connectivity index (χ4n) is 4.42. The summed E-state index contributed by atoms with van der Waals surface area (Å²) in [6.45, 7) is 2.31. The molecule has 0 atom stereocenters. The third-order valence-corrected chi connectivity index (χ3v) is 6.59. The molecule has 3 heterocycles. The van der Waals surface area contributed by atoms with Crippen molar-refractivity contribution in [2.75, 3.05) is 18.4 Å². The second kappa shape index (κ2) is 9.34. The Morgan fingerprint density at radius 3 is 2.55 bits per heavy atom. The van der Waals surface area contributed by atoms with Gasteiger partial charge in [-0.15, -0.1) is 0 Å². The lowest BCUT2D eigenvalue weighted by Gasteiger charge is -2.39. The molecular weight excluding hydrogens is 492 g/mol. The standard InChI is InChI=1S/C28H23F2N5O3/c1-3-16-8-22(26(37)34(2)13-16)25(36)33-24-11-19(10-23(32-24)18-5-6-18)20-7-4-17(12-31)9-21(20)27(38)35-14-28(29,30)15-35/h3-4,7-11,13,18H,1,5-6,14-15H2,2H3,(H,32,33,36). The zero-order valence-electron chi connectivity index (χ0n) is 20.5. The van der Waals surface area contributed by atoms with E-state index in [2.05, 4.69) is 16.9 Å². The van der Waals surface area contributed by atoms with Crippen molar-refractivity contribution in [3.8, 4) is 17.2 Å². The third-order valence-electron chi connectivity index (χ3n) is 6.59. The van der Waals surface area contributed by atoms with Crippen molar-refractivity contribution in [3.63, 3.8) is 0 Å². The zero-order valence-corrected chi connectivity index (χ0v) is 20.5.